The van der Waals surface area contributed by atoms with Gasteiger partial charge in [0.1, 0.15) is 0 Å². The molecule has 1 aromatic rings. The maximum atomic E-state index is 5.73. The molecule has 0 atom stereocenters. The van der Waals surface area contributed by atoms with E-state index in [-0.39, 0.29) is 0 Å². The Bertz CT molecular complexity index is 380. The average molecular weight is 221 g/mol. The fourth-order valence-corrected chi connectivity index (χ4v) is 2.92. The van der Waals surface area contributed by atoms with Gasteiger partial charge in [-0.25, -0.2) is 0 Å². The van der Waals surface area contributed by atoms with Crippen LogP contribution in [0.1, 0.15) is 55.1 Å². The SMILES string of the molecule is NCc1nn(C2CCCCC2)c2c1COC2. The maximum absolute atomic E-state index is 5.73. The normalized spacial score (nSPS) is 21.3. The van der Waals surface area contributed by atoms with Gasteiger partial charge in [0.2, 0.25) is 0 Å². The van der Waals surface area contributed by atoms with Crippen molar-refractivity contribution < 1.29 is 4.74 Å². The van der Waals surface area contributed by atoms with E-state index in [0.29, 0.717) is 19.2 Å². The van der Waals surface area contributed by atoms with Gasteiger partial charge in [-0.1, -0.05) is 19.3 Å². The summed E-state index contributed by atoms with van der Waals surface area (Å²) >= 11 is 0. The summed E-state index contributed by atoms with van der Waals surface area (Å²) in [7, 11) is 0. The van der Waals surface area contributed by atoms with Crippen LogP contribution in [-0.2, 0) is 24.5 Å². The van der Waals surface area contributed by atoms with Crippen LogP contribution in [0.5, 0.6) is 0 Å². The molecule has 1 aliphatic heterocycles. The van der Waals surface area contributed by atoms with E-state index >= 15 is 0 Å². The molecule has 3 rings (SSSR count). The van der Waals surface area contributed by atoms with Crippen molar-refractivity contribution in [1.82, 2.24) is 9.78 Å². The number of nitrogens with two attached hydrogens (primary N) is 1. The average Bonchev–Trinajstić information content (AvgIpc) is 2.91. The molecule has 1 saturated carbocycles. The first-order chi connectivity index (χ1) is 7.90. The number of aromatic nitrogens is 2. The Balaban J connectivity index is 1.94. The zero-order valence-electron chi connectivity index (χ0n) is 9.61. The van der Waals surface area contributed by atoms with Crippen LogP contribution in [0.25, 0.3) is 0 Å². The number of ether oxygens (including phenoxy) is 1. The van der Waals surface area contributed by atoms with E-state index in [4.69, 9.17) is 10.5 Å². The van der Waals surface area contributed by atoms with E-state index in [1.807, 2.05) is 0 Å². The van der Waals surface area contributed by atoms with Crippen molar-refractivity contribution in [2.75, 3.05) is 0 Å². The first kappa shape index (κ1) is 10.3. The molecule has 2 N–H and O–H groups in total. The molecule has 4 nitrogen and oxygen atoms in total. The molecule has 1 aromatic heterocycles. The van der Waals surface area contributed by atoms with Gasteiger partial charge in [0.15, 0.2) is 0 Å². The fourth-order valence-electron chi connectivity index (χ4n) is 2.92. The second kappa shape index (κ2) is 4.18. The highest BCUT2D eigenvalue weighted by molar-refractivity contribution is 5.28. The van der Waals surface area contributed by atoms with Crippen LogP contribution in [0.4, 0.5) is 0 Å². The standard InChI is InChI=1S/C12H19N3O/c13-6-11-10-7-16-8-12(10)15(14-11)9-4-2-1-3-5-9/h9H,1-8,13H2. The Hall–Kier alpha value is -0.870. The van der Waals surface area contributed by atoms with Crippen LogP contribution in [0.2, 0.25) is 0 Å². The smallest absolute Gasteiger partial charge is 0.0893 e. The highest BCUT2D eigenvalue weighted by Gasteiger charge is 2.26. The fraction of sp³-hybridized carbons (Fsp3) is 0.750. The molecular formula is C12H19N3O. The number of nitrogens with zero attached hydrogens (tertiary/aromatic N) is 2. The number of fused-ring (bicyclic) bond motifs is 1. The van der Waals surface area contributed by atoms with Crippen LogP contribution >= 0.6 is 0 Å². The van der Waals surface area contributed by atoms with Gasteiger partial charge in [0.05, 0.1) is 30.6 Å². The quantitative estimate of drug-likeness (QED) is 0.829. The van der Waals surface area contributed by atoms with Gasteiger partial charge >= 0.3 is 0 Å². The molecule has 1 aliphatic carbocycles. The molecule has 0 radical (unpaired) electrons. The van der Waals surface area contributed by atoms with Gasteiger partial charge in [-0.15, -0.1) is 0 Å². The highest BCUT2D eigenvalue weighted by atomic mass is 16.5. The second-order valence-corrected chi connectivity index (χ2v) is 4.81. The minimum atomic E-state index is 0.533. The van der Waals surface area contributed by atoms with Crippen molar-refractivity contribution in [2.24, 2.45) is 5.73 Å². The Kier molecular flexibility index (Phi) is 2.69. The van der Waals surface area contributed by atoms with Crippen molar-refractivity contribution in [1.29, 1.82) is 0 Å². The molecule has 88 valence electrons. The third-order valence-electron chi connectivity index (χ3n) is 3.80. The summed E-state index contributed by atoms with van der Waals surface area (Å²) in [6, 6.07) is 0.587. The molecule has 4 heteroatoms. The molecule has 0 amide bonds. The highest BCUT2D eigenvalue weighted by Crippen LogP contribution is 2.32. The first-order valence-corrected chi connectivity index (χ1v) is 6.27. The summed E-state index contributed by atoms with van der Waals surface area (Å²) in [5, 5.41) is 4.69. The van der Waals surface area contributed by atoms with Gasteiger partial charge in [-0.3, -0.25) is 4.68 Å². The van der Waals surface area contributed by atoms with E-state index in [1.165, 1.54) is 43.4 Å². The third kappa shape index (κ3) is 1.57. The zero-order chi connectivity index (χ0) is 11.0. The summed E-state index contributed by atoms with van der Waals surface area (Å²) in [4.78, 5) is 0. The van der Waals surface area contributed by atoms with Crippen LogP contribution in [0.3, 0.4) is 0 Å². The minimum Gasteiger partial charge on any atom is -0.370 e. The minimum absolute atomic E-state index is 0.533. The number of rotatable bonds is 2. The molecule has 16 heavy (non-hydrogen) atoms. The van der Waals surface area contributed by atoms with Gasteiger partial charge in [-0.2, -0.15) is 5.10 Å². The molecule has 0 unspecified atom stereocenters. The van der Waals surface area contributed by atoms with Crippen molar-refractivity contribution in [3.8, 4) is 0 Å². The van der Waals surface area contributed by atoms with Crippen LogP contribution in [0.15, 0.2) is 0 Å². The van der Waals surface area contributed by atoms with E-state index in [0.717, 1.165) is 12.3 Å². The molecular weight excluding hydrogens is 202 g/mol. The van der Waals surface area contributed by atoms with Crippen molar-refractivity contribution in [3.05, 3.63) is 17.0 Å². The van der Waals surface area contributed by atoms with Gasteiger partial charge in [-0.05, 0) is 12.8 Å². The number of hydrogen-bond donors (Lipinski definition) is 1. The molecule has 1 fully saturated rings. The van der Waals surface area contributed by atoms with Gasteiger partial charge in [0, 0.05) is 12.1 Å². The van der Waals surface area contributed by atoms with Crippen LogP contribution in [0, 0.1) is 0 Å². The maximum Gasteiger partial charge on any atom is 0.0893 e. The lowest BCUT2D eigenvalue weighted by Gasteiger charge is -2.23. The second-order valence-electron chi connectivity index (χ2n) is 4.81. The summed E-state index contributed by atoms with van der Waals surface area (Å²) in [6.45, 7) is 1.96. The van der Waals surface area contributed by atoms with E-state index in [9.17, 15) is 0 Å². The lowest BCUT2D eigenvalue weighted by atomic mass is 9.95. The van der Waals surface area contributed by atoms with Crippen molar-refractivity contribution in [3.63, 3.8) is 0 Å². The Morgan fingerprint density at radius 1 is 1.25 bits per heavy atom. The lowest BCUT2D eigenvalue weighted by molar-refractivity contribution is 0.126. The van der Waals surface area contributed by atoms with Crippen LogP contribution in [-0.4, -0.2) is 9.78 Å². The molecule has 0 aromatic carbocycles. The van der Waals surface area contributed by atoms with Crippen molar-refractivity contribution in [2.45, 2.75) is 57.9 Å². The Morgan fingerprint density at radius 2 is 2.06 bits per heavy atom. The Morgan fingerprint density at radius 3 is 2.81 bits per heavy atom. The number of hydrogen-bond acceptors (Lipinski definition) is 3. The third-order valence-corrected chi connectivity index (χ3v) is 3.80. The summed E-state index contributed by atoms with van der Waals surface area (Å²) in [5.74, 6) is 0. The van der Waals surface area contributed by atoms with Crippen molar-refractivity contribution >= 4 is 0 Å². The van der Waals surface area contributed by atoms with E-state index in [2.05, 4.69) is 9.78 Å². The summed E-state index contributed by atoms with van der Waals surface area (Å²) < 4.78 is 7.72. The molecule has 2 heterocycles. The van der Waals surface area contributed by atoms with E-state index in [1.54, 1.807) is 0 Å². The predicted molar refractivity (Wildman–Crippen MR) is 60.7 cm³/mol. The predicted octanol–water partition coefficient (Wildman–Crippen LogP) is 1.88. The summed E-state index contributed by atoms with van der Waals surface area (Å²) in [6.07, 6.45) is 6.56. The Labute approximate surface area is 95.8 Å². The topological polar surface area (TPSA) is 53.1 Å². The molecule has 2 aliphatic rings. The lowest BCUT2D eigenvalue weighted by Crippen LogP contribution is -2.16. The van der Waals surface area contributed by atoms with Gasteiger partial charge in [0.25, 0.3) is 0 Å². The molecule has 0 saturated heterocycles. The zero-order valence-corrected chi connectivity index (χ0v) is 9.61. The monoisotopic (exact) mass is 221 g/mol. The largest absolute Gasteiger partial charge is 0.370 e. The molecule has 0 bridgehead atoms. The van der Waals surface area contributed by atoms with E-state index < -0.39 is 0 Å². The van der Waals surface area contributed by atoms with Crippen LogP contribution < -0.4 is 5.73 Å². The van der Waals surface area contributed by atoms with Gasteiger partial charge < -0.3 is 10.5 Å². The first-order valence-electron chi connectivity index (χ1n) is 6.27. The molecule has 0 spiro atoms. The summed E-state index contributed by atoms with van der Waals surface area (Å²) in [5.41, 5.74) is 9.32.